The van der Waals surface area contributed by atoms with Gasteiger partial charge in [-0.1, -0.05) is 12.1 Å². The Kier molecular flexibility index (Phi) is 5.70. The molecule has 0 spiro atoms. The number of ketones is 1. The second kappa shape index (κ2) is 6.67. The van der Waals surface area contributed by atoms with Gasteiger partial charge in [-0.05, 0) is 26.0 Å². The number of carbonyl (C=O) groups excluding carboxylic acids is 1. The highest BCUT2D eigenvalue weighted by atomic mass is 35.5. The summed E-state index contributed by atoms with van der Waals surface area (Å²) in [6.07, 6.45) is 0. The minimum Gasteiger partial charge on any atom is -0.312 e. The molecule has 0 bridgehead atoms. The zero-order chi connectivity index (χ0) is 14.0. The molecule has 1 aromatic carbocycles. The average Bonchev–Trinajstić information content (AvgIpc) is 2.39. The van der Waals surface area contributed by atoms with E-state index in [4.69, 9.17) is 0 Å². The number of nitrogens with zero attached hydrogens (tertiary/aromatic N) is 1. The highest BCUT2D eigenvalue weighted by molar-refractivity contribution is 7.89. The van der Waals surface area contributed by atoms with E-state index in [-0.39, 0.29) is 29.1 Å². The first-order chi connectivity index (χ1) is 8.91. The lowest BCUT2D eigenvalue weighted by Gasteiger charge is -2.31. The monoisotopic (exact) mass is 318 g/mol. The van der Waals surface area contributed by atoms with Crippen LogP contribution in [0.2, 0.25) is 0 Å². The molecule has 1 heterocycles. The molecule has 5 nitrogen and oxygen atoms in total. The molecule has 0 aliphatic carbocycles. The van der Waals surface area contributed by atoms with Crippen molar-refractivity contribution < 1.29 is 13.2 Å². The molecule has 1 aromatic rings. The SMILES string of the molecule is CC(=O)c1cccc(S(=O)(=O)N2CCNC(C)C2)c1.Cl. The Bertz CT molecular complexity index is 589. The van der Waals surface area contributed by atoms with Crippen LogP contribution in [0, 0.1) is 0 Å². The number of rotatable bonds is 3. The fourth-order valence-electron chi connectivity index (χ4n) is 2.14. The van der Waals surface area contributed by atoms with Crippen molar-refractivity contribution >= 4 is 28.2 Å². The van der Waals surface area contributed by atoms with Crippen LogP contribution in [0.15, 0.2) is 29.2 Å². The highest BCUT2D eigenvalue weighted by Crippen LogP contribution is 2.18. The van der Waals surface area contributed by atoms with Crippen LogP contribution in [0.1, 0.15) is 24.2 Å². The van der Waals surface area contributed by atoms with Gasteiger partial charge in [0.25, 0.3) is 0 Å². The first-order valence-electron chi connectivity index (χ1n) is 6.26. The number of carbonyl (C=O) groups is 1. The van der Waals surface area contributed by atoms with E-state index < -0.39 is 10.0 Å². The first kappa shape index (κ1) is 17.1. The van der Waals surface area contributed by atoms with Gasteiger partial charge in [-0.25, -0.2) is 8.42 Å². The van der Waals surface area contributed by atoms with Crippen molar-refractivity contribution in [2.75, 3.05) is 19.6 Å². The van der Waals surface area contributed by atoms with Crippen molar-refractivity contribution in [2.24, 2.45) is 0 Å². The van der Waals surface area contributed by atoms with Gasteiger partial charge in [0.05, 0.1) is 4.90 Å². The van der Waals surface area contributed by atoms with Gasteiger partial charge in [0.1, 0.15) is 0 Å². The van der Waals surface area contributed by atoms with Crippen LogP contribution in [0.5, 0.6) is 0 Å². The predicted octanol–water partition coefficient (Wildman–Crippen LogP) is 1.29. The summed E-state index contributed by atoms with van der Waals surface area (Å²) in [5.41, 5.74) is 0.421. The molecule has 1 aliphatic rings. The lowest BCUT2D eigenvalue weighted by atomic mass is 10.2. The van der Waals surface area contributed by atoms with Gasteiger partial charge >= 0.3 is 0 Å². The van der Waals surface area contributed by atoms with Crippen molar-refractivity contribution in [3.8, 4) is 0 Å². The number of piperazine rings is 1. The Morgan fingerprint density at radius 1 is 1.40 bits per heavy atom. The fraction of sp³-hybridized carbons (Fsp3) is 0.462. The predicted molar refractivity (Wildman–Crippen MR) is 79.9 cm³/mol. The normalized spacial score (nSPS) is 20.2. The molecule has 0 aromatic heterocycles. The van der Waals surface area contributed by atoms with Gasteiger partial charge in [-0.15, -0.1) is 12.4 Å². The number of nitrogens with one attached hydrogen (secondary N) is 1. The van der Waals surface area contributed by atoms with Crippen LogP contribution >= 0.6 is 12.4 Å². The molecule has 2 rings (SSSR count). The highest BCUT2D eigenvalue weighted by Gasteiger charge is 2.28. The quantitative estimate of drug-likeness (QED) is 0.853. The molecule has 1 fully saturated rings. The summed E-state index contributed by atoms with van der Waals surface area (Å²) in [6.45, 7) is 4.93. The van der Waals surface area contributed by atoms with E-state index in [1.54, 1.807) is 12.1 Å². The van der Waals surface area contributed by atoms with E-state index in [0.717, 1.165) is 0 Å². The number of hydrogen-bond acceptors (Lipinski definition) is 4. The summed E-state index contributed by atoms with van der Waals surface area (Å²) in [7, 11) is -3.51. The lowest BCUT2D eigenvalue weighted by molar-refractivity contribution is 0.101. The number of Topliss-reactive ketones (excluding diaryl/α,β-unsaturated/α-hetero) is 1. The van der Waals surface area contributed by atoms with Crippen LogP contribution in [-0.4, -0.2) is 44.2 Å². The Balaban J connectivity index is 0.00000200. The maximum absolute atomic E-state index is 12.5. The van der Waals surface area contributed by atoms with Gasteiger partial charge in [-0.2, -0.15) is 4.31 Å². The third kappa shape index (κ3) is 3.58. The Morgan fingerprint density at radius 2 is 2.10 bits per heavy atom. The van der Waals surface area contributed by atoms with Crippen LogP contribution in [0.25, 0.3) is 0 Å². The number of benzene rings is 1. The second-order valence-electron chi connectivity index (χ2n) is 4.80. The molecule has 7 heteroatoms. The summed E-state index contributed by atoms with van der Waals surface area (Å²) in [6, 6.07) is 6.36. The van der Waals surface area contributed by atoms with Crippen molar-refractivity contribution in [1.82, 2.24) is 9.62 Å². The molecule has 20 heavy (non-hydrogen) atoms. The molecule has 0 radical (unpaired) electrons. The molecule has 0 amide bonds. The topological polar surface area (TPSA) is 66.5 Å². The van der Waals surface area contributed by atoms with Gasteiger partial charge in [0, 0.05) is 31.2 Å². The van der Waals surface area contributed by atoms with E-state index in [1.807, 2.05) is 6.92 Å². The molecule has 1 unspecified atom stereocenters. The molecular formula is C13H19ClN2O3S. The molecule has 1 saturated heterocycles. The first-order valence-corrected chi connectivity index (χ1v) is 7.70. The van der Waals surface area contributed by atoms with Gasteiger partial charge in [0.2, 0.25) is 10.0 Å². The third-order valence-electron chi connectivity index (χ3n) is 3.21. The molecular weight excluding hydrogens is 300 g/mol. The average molecular weight is 319 g/mol. The van der Waals surface area contributed by atoms with Gasteiger partial charge in [0.15, 0.2) is 5.78 Å². The summed E-state index contributed by atoms with van der Waals surface area (Å²) in [5, 5.41) is 3.20. The number of sulfonamides is 1. The smallest absolute Gasteiger partial charge is 0.243 e. The standard InChI is InChI=1S/C13H18N2O3S.ClH/c1-10-9-15(7-6-14-10)19(17,18)13-5-3-4-12(8-13)11(2)16;/h3-5,8,10,14H,6-7,9H2,1-2H3;1H. The van der Waals surface area contributed by atoms with Gasteiger partial charge in [-0.3, -0.25) is 4.79 Å². The van der Waals surface area contributed by atoms with Crippen molar-refractivity contribution in [2.45, 2.75) is 24.8 Å². The summed E-state index contributed by atoms with van der Waals surface area (Å²) < 4.78 is 26.5. The molecule has 112 valence electrons. The van der Waals surface area contributed by atoms with E-state index in [0.29, 0.717) is 25.2 Å². The molecule has 1 aliphatic heterocycles. The Labute approximate surface area is 125 Å². The van der Waals surface area contributed by atoms with Crippen molar-refractivity contribution in [3.63, 3.8) is 0 Å². The molecule has 1 atom stereocenters. The largest absolute Gasteiger partial charge is 0.312 e. The second-order valence-corrected chi connectivity index (χ2v) is 6.74. The van der Waals surface area contributed by atoms with E-state index >= 15 is 0 Å². The molecule has 0 saturated carbocycles. The van der Waals surface area contributed by atoms with Crippen LogP contribution in [0.3, 0.4) is 0 Å². The Hall–Kier alpha value is -0.950. The zero-order valence-electron chi connectivity index (χ0n) is 11.5. The zero-order valence-corrected chi connectivity index (χ0v) is 13.1. The fourth-order valence-corrected chi connectivity index (χ4v) is 3.72. The van der Waals surface area contributed by atoms with Crippen LogP contribution < -0.4 is 5.32 Å². The molecule has 1 N–H and O–H groups in total. The number of halogens is 1. The number of hydrogen-bond donors (Lipinski definition) is 1. The Morgan fingerprint density at radius 3 is 2.70 bits per heavy atom. The van der Waals surface area contributed by atoms with E-state index in [9.17, 15) is 13.2 Å². The minimum absolute atomic E-state index is 0. The summed E-state index contributed by atoms with van der Waals surface area (Å²) in [4.78, 5) is 11.5. The summed E-state index contributed by atoms with van der Waals surface area (Å²) in [5.74, 6) is -0.134. The van der Waals surface area contributed by atoms with E-state index in [2.05, 4.69) is 5.32 Å². The van der Waals surface area contributed by atoms with Gasteiger partial charge < -0.3 is 5.32 Å². The van der Waals surface area contributed by atoms with Crippen LogP contribution in [-0.2, 0) is 10.0 Å². The minimum atomic E-state index is -3.51. The maximum atomic E-state index is 12.5. The lowest BCUT2D eigenvalue weighted by Crippen LogP contribution is -2.51. The van der Waals surface area contributed by atoms with E-state index in [1.165, 1.54) is 23.4 Å². The van der Waals surface area contributed by atoms with Crippen molar-refractivity contribution in [3.05, 3.63) is 29.8 Å². The van der Waals surface area contributed by atoms with Crippen LogP contribution in [0.4, 0.5) is 0 Å². The van der Waals surface area contributed by atoms with Crippen molar-refractivity contribution in [1.29, 1.82) is 0 Å². The third-order valence-corrected chi connectivity index (χ3v) is 5.07. The summed E-state index contributed by atoms with van der Waals surface area (Å²) >= 11 is 0. The maximum Gasteiger partial charge on any atom is 0.243 e.